The number of hydrogen-bond donors (Lipinski definition) is 0. The van der Waals surface area contributed by atoms with E-state index in [1.165, 1.54) is 18.2 Å². The molecule has 2 aliphatic rings. The van der Waals surface area contributed by atoms with Crippen molar-refractivity contribution in [2.24, 2.45) is 10.9 Å². The molecule has 0 bridgehead atoms. The molecule has 178 valence electrons. The van der Waals surface area contributed by atoms with Crippen molar-refractivity contribution >= 4 is 29.7 Å². The fraction of sp³-hybridized carbons (Fsp3) is 0.400. The zero-order valence-electron chi connectivity index (χ0n) is 18.9. The fourth-order valence-electron chi connectivity index (χ4n) is 4.54. The van der Waals surface area contributed by atoms with Crippen LogP contribution in [-0.2, 0) is 20.7 Å². The number of rotatable bonds is 7. The lowest BCUT2D eigenvalue weighted by molar-refractivity contribution is -0.149. The van der Waals surface area contributed by atoms with E-state index in [-0.39, 0.29) is 30.1 Å². The van der Waals surface area contributed by atoms with Gasteiger partial charge in [-0.05, 0) is 50.8 Å². The van der Waals surface area contributed by atoms with Gasteiger partial charge in [-0.15, -0.1) is 0 Å². The highest BCUT2D eigenvalue weighted by atomic mass is 19.1. The zero-order valence-corrected chi connectivity index (χ0v) is 18.9. The average Bonchev–Trinajstić information content (AvgIpc) is 3.20. The molecule has 1 aromatic carbocycles. The van der Waals surface area contributed by atoms with E-state index < -0.39 is 11.7 Å². The summed E-state index contributed by atoms with van der Waals surface area (Å²) in [6.45, 7) is 2.03. The Hall–Kier alpha value is -3.62. The molecule has 4 rings (SSSR count). The minimum Gasteiger partial charge on any atom is -0.470 e. The van der Waals surface area contributed by atoms with Crippen LogP contribution >= 0.6 is 0 Å². The van der Waals surface area contributed by atoms with E-state index in [0.717, 1.165) is 17.3 Å². The average molecular weight is 467 g/mol. The van der Waals surface area contributed by atoms with Crippen molar-refractivity contribution in [3.8, 4) is 5.88 Å². The van der Waals surface area contributed by atoms with Gasteiger partial charge in [-0.2, -0.15) is 4.99 Å². The number of fused-ring (bicyclic) bond motifs is 1. The van der Waals surface area contributed by atoms with Crippen LogP contribution in [0, 0.1) is 11.7 Å². The second-order valence-electron chi connectivity index (χ2n) is 8.28. The van der Waals surface area contributed by atoms with Gasteiger partial charge in [0.15, 0.2) is 6.29 Å². The molecule has 9 heteroatoms. The Morgan fingerprint density at radius 3 is 2.74 bits per heavy atom. The van der Waals surface area contributed by atoms with E-state index in [2.05, 4.69) is 9.98 Å². The summed E-state index contributed by atoms with van der Waals surface area (Å²) < 4.78 is 24.2. The van der Waals surface area contributed by atoms with Gasteiger partial charge >= 0.3 is 5.97 Å². The molecule has 0 N–H and O–H groups in total. The molecular formula is C25H26FN3O5. The maximum absolute atomic E-state index is 13.6. The first kappa shape index (κ1) is 23.5. The molecule has 1 saturated carbocycles. The summed E-state index contributed by atoms with van der Waals surface area (Å²) in [5, 5.41) is 0. The Morgan fingerprint density at radius 1 is 1.24 bits per heavy atom. The van der Waals surface area contributed by atoms with Gasteiger partial charge in [0.2, 0.25) is 5.88 Å². The van der Waals surface area contributed by atoms with Gasteiger partial charge in [-0.1, -0.05) is 6.07 Å². The smallest absolute Gasteiger partial charge is 0.308 e. The number of anilines is 1. The number of carbonyl (C=O) groups is 3. The van der Waals surface area contributed by atoms with Crippen LogP contribution in [0.3, 0.4) is 0 Å². The number of aldehydes is 1. The fourth-order valence-corrected chi connectivity index (χ4v) is 4.54. The number of pyridine rings is 1. The number of amides is 1. The maximum Gasteiger partial charge on any atom is 0.308 e. The van der Waals surface area contributed by atoms with Crippen LogP contribution in [0.1, 0.15) is 48.5 Å². The monoisotopic (exact) mass is 467 g/mol. The van der Waals surface area contributed by atoms with Gasteiger partial charge in [0.25, 0.3) is 5.91 Å². The minimum absolute atomic E-state index is 0.00677. The van der Waals surface area contributed by atoms with Gasteiger partial charge in [-0.25, -0.2) is 9.37 Å². The first-order chi connectivity index (χ1) is 16.5. The normalized spacial score (nSPS) is 20.6. The zero-order chi connectivity index (χ0) is 24.1. The molecule has 0 spiro atoms. The molecule has 0 unspecified atom stereocenters. The summed E-state index contributed by atoms with van der Waals surface area (Å²) in [6, 6.07) is 7.19. The Morgan fingerprint density at radius 2 is 2.03 bits per heavy atom. The predicted molar refractivity (Wildman–Crippen MR) is 123 cm³/mol. The highest BCUT2D eigenvalue weighted by Gasteiger charge is 2.37. The van der Waals surface area contributed by atoms with Crippen molar-refractivity contribution in [2.75, 3.05) is 18.1 Å². The van der Waals surface area contributed by atoms with E-state index in [0.29, 0.717) is 56.7 Å². The Labute approximate surface area is 196 Å². The number of halogens is 1. The summed E-state index contributed by atoms with van der Waals surface area (Å²) in [6.07, 6.45) is 5.44. The molecule has 2 heterocycles. The van der Waals surface area contributed by atoms with Gasteiger partial charge < -0.3 is 14.4 Å². The van der Waals surface area contributed by atoms with Crippen LogP contribution in [-0.4, -0.2) is 48.2 Å². The number of hydrogen-bond acceptors (Lipinski definition) is 6. The predicted octanol–water partition coefficient (Wildman–Crippen LogP) is 3.52. The van der Waals surface area contributed by atoms with Crippen molar-refractivity contribution in [3.63, 3.8) is 0 Å². The van der Waals surface area contributed by atoms with E-state index >= 15 is 0 Å². The van der Waals surface area contributed by atoms with E-state index in [4.69, 9.17) is 9.47 Å². The first-order valence-electron chi connectivity index (χ1n) is 11.4. The van der Waals surface area contributed by atoms with Crippen LogP contribution in [0.5, 0.6) is 5.88 Å². The molecule has 0 atom stereocenters. The number of esters is 1. The number of ether oxygens (including phenoxy) is 2. The van der Waals surface area contributed by atoms with Crippen molar-refractivity contribution in [1.82, 2.24) is 4.98 Å². The third kappa shape index (κ3) is 5.13. The van der Waals surface area contributed by atoms with Crippen molar-refractivity contribution in [3.05, 3.63) is 53.5 Å². The van der Waals surface area contributed by atoms with E-state index in [1.807, 2.05) is 4.90 Å². The summed E-state index contributed by atoms with van der Waals surface area (Å²) in [4.78, 5) is 46.3. The number of benzene rings is 1. The standard InChI is InChI=1S/C25H26FN3O5/c1-2-33-25(32)16-6-8-20(9-7-16)29-21-14-23(34-11-10-30)27-15-18(21)13-22(29)28-24(31)17-4-3-5-19(26)12-17/h3-5,10,12,14-16,20H,2,6-9,11,13H2,1H3. The molecule has 0 saturated heterocycles. The number of aliphatic imine (C=N–C) groups is 1. The molecule has 1 fully saturated rings. The second-order valence-corrected chi connectivity index (χ2v) is 8.28. The lowest BCUT2D eigenvalue weighted by Gasteiger charge is -2.35. The van der Waals surface area contributed by atoms with Crippen molar-refractivity contribution in [1.29, 1.82) is 0 Å². The molecule has 1 aromatic heterocycles. The lowest BCUT2D eigenvalue weighted by Crippen LogP contribution is -2.42. The summed E-state index contributed by atoms with van der Waals surface area (Å²) >= 11 is 0. The van der Waals surface area contributed by atoms with Crippen LogP contribution in [0.25, 0.3) is 0 Å². The molecular weight excluding hydrogens is 441 g/mol. The van der Waals surface area contributed by atoms with Crippen LogP contribution in [0.4, 0.5) is 10.1 Å². The van der Waals surface area contributed by atoms with E-state index in [1.54, 1.807) is 19.2 Å². The highest BCUT2D eigenvalue weighted by Crippen LogP contribution is 2.38. The molecule has 1 aliphatic heterocycles. The Bertz CT molecular complexity index is 1110. The molecule has 34 heavy (non-hydrogen) atoms. The lowest BCUT2D eigenvalue weighted by atomic mass is 9.85. The highest BCUT2D eigenvalue weighted by molar-refractivity contribution is 6.12. The van der Waals surface area contributed by atoms with Crippen molar-refractivity contribution in [2.45, 2.75) is 45.1 Å². The maximum atomic E-state index is 13.6. The number of carbonyl (C=O) groups excluding carboxylic acids is 3. The number of nitrogens with zero attached hydrogens (tertiary/aromatic N) is 3. The van der Waals surface area contributed by atoms with Gasteiger partial charge in [0.05, 0.1) is 18.2 Å². The third-order valence-corrected chi connectivity index (χ3v) is 6.11. The van der Waals surface area contributed by atoms with Crippen LogP contribution in [0.2, 0.25) is 0 Å². The third-order valence-electron chi connectivity index (χ3n) is 6.11. The van der Waals surface area contributed by atoms with Crippen molar-refractivity contribution < 1.29 is 28.2 Å². The molecule has 2 aromatic rings. The number of aromatic nitrogens is 1. The molecule has 1 aliphatic carbocycles. The minimum atomic E-state index is -0.530. The van der Waals surface area contributed by atoms with Gasteiger partial charge in [0, 0.05) is 35.9 Å². The van der Waals surface area contributed by atoms with Gasteiger partial charge in [0.1, 0.15) is 18.3 Å². The van der Waals surface area contributed by atoms with Crippen LogP contribution in [0.15, 0.2) is 41.5 Å². The first-order valence-corrected chi connectivity index (χ1v) is 11.4. The van der Waals surface area contributed by atoms with Gasteiger partial charge in [-0.3, -0.25) is 14.4 Å². The molecule has 0 radical (unpaired) electrons. The summed E-state index contributed by atoms with van der Waals surface area (Å²) in [7, 11) is 0. The SMILES string of the molecule is CCOC(=O)C1CCC(N2C(=NC(=O)c3cccc(F)c3)Cc3cnc(OCC=O)cc32)CC1. The van der Waals surface area contributed by atoms with Crippen LogP contribution < -0.4 is 9.64 Å². The van der Waals surface area contributed by atoms with E-state index in [9.17, 15) is 18.8 Å². The Balaban J connectivity index is 1.62. The molecule has 8 nitrogen and oxygen atoms in total. The summed E-state index contributed by atoms with van der Waals surface area (Å²) in [5.74, 6) is -0.510. The molecule has 1 amide bonds. The second kappa shape index (κ2) is 10.5. The Kier molecular flexibility index (Phi) is 7.30. The largest absolute Gasteiger partial charge is 0.470 e. The summed E-state index contributed by atoms with van der Waals surface area (Å²) in [5.41, 5.74) is 1.85. The quantitative estimate of drug-likeness (QED) is 0.454. The number of amidine groups is 1. The topological polar surface area (TPSA) is 98.2 Å².